The number of carbonyl (C=O) groups excluding carboxylic acids is 2. The molecule has 3 heterocycles. The number of rotatable bonds is 5. The Hall–Kier alpha value is -1.95. The Kier molecular flexibility index (Phi) is 4.61. The predicted molar refractivity (Wildman–Crippen MR) is 84.4 cm³/mol. The highest BCUT2D eigenvalue weighted by Crippen LogP contribution is 2.33. The molecule has 1 aromatic rings. The standard InChI is InChI=1S/C17H23N3O3/c1-12-4-3-5-14(18-12)10-20-9-13-8-19(11-15(13)17(20)22)16(21)6-7-23-2/h3-5,13,15H,6-11H2,1-2H3/t13-,15-/m0/s1. The first-order valence-corrected chi connectivity index (χ1v) is 8.06. The zero-order valence-corrected chi connectivity index (χ0v) is 13.7. The van der Waals surface area contributed by atoms with Gasteiger partial charge in [-0.05, 0) is 19.1 Å². The quantitative estimate of drug-likeness (QED) is 0.807. The lowest BCUT2D eigenvalue weighted by atomic mass is 10.0. The maximum atomic E-state index is 12.6. The number of carbonyl (C=O) groups is 2. The van der Waals surface area contributed by atoms with Gasteiger partial charge in [-0.25, -0.2) is 0 Å². The fourth-order valence-electron chi connectivity index (χ4n) is 3.52. The summed E-state index contributed by atoms with van der Waals surface area (Å²) in [4.78, 5) is 32.8. The van der Waals surface area contributed by atoms with Crippen molar-refractivity contribution in [3.05, 3.63) is 29.6 Å². The summed E-state index contributed by atoms with van der Waals surface area (Å²) in [6.45, 7) is 4.89. The predicted octanol–water partition coefficient (Wildman–Crippen LogP) is 0.843. The minimum Gasteiger partial charge on any atom is -0.384 e. The summed E-state index contributed by atoms with van der Waals surface area (Å²) in [6.07, 6.45) is 0.390. The van der Waals surface area contributed by atoms with Gasteiger partial charge in [0.25, 0.3) is 0 Å². The number of pyridine rings is 1. The third-order valence-corrected chi connectivity index (χ3v) is 4.70. The van der Waals surface area contributed by atoms with E-state index >= 15 is 0 Å². The van der Waals surface area contributed by atoms with Crippen LogP contribution >= 0.6 is 0 Å². The van der Waals surface area contributed by atoms with Crippen LogP contribution in [0.3, 0.4) is 0 Å². The van der Waals surface area contributed by atoms with Gasteiger partial charge in [-0.3, -0.25) is 14.6 Å². The number of amides is 2. The van der Waals surface area contributed by atoms with Crippen LogP contribution in [0, 0.1) is 18.8 Å². The van der Waals surface area contributed by atoms with Gasteiger partial charge >= 0.3 is 0 Å². The summed E-state index contributed by atoms with van der Waals surface area (Å²) >= 11 is 0. The zero-order valence-electron chi connectivity index (χ0n) is 13.7. The third kappa shape index (κ3) is 3.37. The van der Waals surface area contributed by atoms with Crippen molar-refractivity contribution < 1.29 is 14.3 Å². The Morgan fingerprint density at radius 3 is 2.87 bits per heavy atom. The molecule has 0 aromatic carbocycles. The Labute approximate surface area is 136 Å². The van der Waals surface area contributed by atoms with Gasteiger partial charge < -0.3 is 14.5 Å². The second kappa shape index (κ2) is 6.66. The molecule has 6 heteroatoms. The van der Waals surface area contributed by atoms with Crippen LogP contribution in [0.25, 0.3) is 0 Å². The molecular formula is C17H23N3O3. The van der Waals surface area contributed by atoms with Crippen molar-refractivity contribution in [3.63, 3.8) is 0 Å². The van der Waals surface area contributed by atoms with E-state index in [-0.39, 0.29) is 23.7 Å². The van der Waals surface area contributed by atoms with Crippen LogP contribution < -0.4 is 0 Å². The molecule has 0 unspecified atom stereocenters. The highest BCUT2D eigenvalue weighted by molar-refractivity contribution is 5.84. The number of hydrogen-bond donors (Lipinski definition) is 0. The number of aromatic nitrogens is 1. The lowest BCUT2D eigenvalue weighted by molar-refractivity contribution is -0.134. The van der Waals surface area contributed by atoms with Crippen LogP contribution in [0.2, 0.25) is 0 Å². The zero-order chi connectivity index (χ0) is 16.4. The Morgan fingerprint density at radius 1 is 1.35 bits per heavy atom. The number of ether oxygens (including phenoxy) is 1. The van der Waals surface area contributed by atoms with E-state index in [9.17, 15) is 9.59 Å². The Bertz CT molecular complexity index is 605. The van der Waals surface area contributed by atoms with Crippen molar-refractivity contribution in [3.8, 4) is 0 Å². The number of methoxy groups -OCH3 is 1. The topological polar surface area (TPSA) is 62.7 Å². The van der Waals surface area contributed by atoms with Gasteiger partial charge in [-0.1, -0.05) is 6.07 Å². The van der Waals surface area contributed by atoms with Gasteiger partial charge in [0.2, 0.25) is 11.8 Å². The summed E-state index contributed by atoms with van der Waals surface area (Å²) in [5.41, 5.74) is 1.88. The monoisotopic (exact) mass is 317 g/mol. The van der Waals surface area contributed by atoms with E-state index in [1.807, 2.05) is 34.9 Å². The molecule has 2 saturated heterocycles. The van der Waals surface area contributed by atoms with Crippen LogP contribution in [-0.2, 0) is 20.9 Å². The molecule has 3 rings (SSSR count). The Morgan fingerprint density at radius 2 is 2.17 bits per heavy atom. The molecule has 124 valence electrons. The number of likely N-dealkylation sites (tertiary alicyclic amines) is 2. The first kappa shape index (κ1) is 15.9. The molecular weight excluding hydrogens is 294 g/mol. The van der Waals surface area contributed by atoms with Crippen LogP contribution in [0.1, 0.15) is 17.8 Å². The van der Waals surface area contributed by atoms with E-state index in [4.69, 9.17) is 4.74 Å². The molecule has 2 aliphatic rings. The van der Waals surface area contributed by atoms with Crippen LogP contribution in [0.5, 0.6) is 0 Å². The maximum absolute atomic E-state index is 12.6. The summed E-state index contributed by atoms with van der Waals surface area (Å²) in [5.74, 6) is 0.436. The normalized spacial score (nSPS) is 23.5. The molecule has 2 atom stereocenters. The molecule has 1 aromatic heterocycles. The van der Waals surface area contributed by atoms with E-state index in [0.29, 0.717) is 39.2 Å². The van der Waals surface area contributed by atoms with Crippen molar-refractivity contribution in [1.29, 1.82) is 0 Å². The molecule has 0 saturated carbocycles. The number of nitrogens with zero attached hydrogens (tertiary/aromatic N) is 3. The van der Waals surface area contributed by atoms with Crippen molar-refractivity contribution in [1.82, 2.24) is 14.8 Å². The number of aryl methyl sites for hydroxylation is 1. The average molecular weight is 317 g/mol. The highest BCUT2D eigenvalue weighted by atomic mass is 16.5. The second-order valence-corrected chi connectivity index (χ2v) is 6.40. The van der Waals surface area contributed by atoms with E-state index < -0.39 is 0 Å². The second-order valence-electron chi connectivity index (χ2n) is 6.40. The van der Waals surface area contributed by atoms with Gasteiger partial charge in [0.05, 0.1) is 31.2 Å². The van der Waals surface area contributed by atoms with E-state index in [2.05, 4.69) is 4.98 Å². The third-order valence-electron chi connectivity index (χ3n) is 4.70. The van der Waals surface area contributed by atoms with Gasteiger partial charge in [0.15, 0.2) is 0 Å². The summed E-state index contributed by atoms with van der Waals surface area (Å²) in [7, 11) is 1.59. The molecule has 2 aliphatic heterocycles. The minimum atomic E-state index is -0.0497. The molecule has 23 heavy (non-hydrogen) atoms. The molecule has 0 radical (unpaired) electrons. The average Bonchev–Trinajstić information content (AvgIpc) is 3.06. The fraction of sp³-hybridized carbons (Fsp3) is 0.588. The molecule has 2 amide bonds. The minimum absolute atomic E-state index is 0.0497. The molecule has 0 aliphatic carbocycles. The van der Waals surface area contributed by atoms with E-state index in [1.54, 1.807) is 7.11 Å². The lowest BCUT2D eigenvalue weighted by Gasteiger charge is -2.21. The van der Waals surface area contributed by atoms with Crippen LogP contribution in [0.15, 0.2) is 18.2 Å². The fourth-order valence-corrected chi connectivity index (χ4v) is 3.52. The van der Waals surface area contributed by atoms with Crippen molar-refractivity contribution in [2.75, 3.05) is 33.4 Å². The maximum Gasteiger partial charge on any atom is 0.228 e. The molecule has 6 nitrogen and oxygen atoms in total. The van der Waals surface area contributed by atoms with Crippen molar-refractivity contribution in [2.45, 2.75) is 19.9 Å². The van der Waals surface area contributed by atoms with E-state index in [1.165, 1.54) is 0 Å². The van der Waals surface area contributed by atoms with Gasteiger partial charge in [0, 0.05) is 38.4 Å². The molecule has 0 bridgehead atoms. The van der Waals surface area contributed by atoms with Crippen LogP contribution in [0.4, 0.5) is 0 Å². The smallest absolute Gasteiger partial charge is 0.228 e. The van der Waals surface area contributed by atoms with Crippen molar-refractivity contribution >= 4 is 11.8 Å². The SMILES string of the molecule is COCCC(=O)N1C[C@H]2CN(Cc3cccc(C)n3)C(=O)[C@H]2C1. The first-order valence-electron chi connectivity index (χ1n) is 8.06. The van der Waals surface area contributed by atoms with Crippen molar-refractivity contribution in [2.24, 2.45) is 11.8 Å². The van der Waals surface area contributed by atoms with Gasteiger partial charge in [-0.15, -0.1) is 0 Å². The summed E-state index contributed by atoms with van der Waals surface area (Å²) in [5, 5.41) is 0. The van der Waals surface area contributed by atoms with E-state index in [0.717, 1.165) is 11.4 Å². The molecule has 0 N–H and O–H groups in total. The van der Waals surface area contributed by atoms with Gasteiger partial charge in [0.1, 0.15) is 0 Å². The largest absolute Gasteiger partial charge is 0.384 e. The molecule has 0 spiro atoms. The first-order chi connectivity index (χ1) is 11.1. The number of fused-ring (bicyclic) bond motifs is 1. The summed E-state index contributed by atoms with van der Waals surface area (Å²) in [6, 6.07) is 5.87. The lowest BCUT2D eigenvalue weighted by Crippen LogP contribution is -2.35. The van der Waals surface area contributed by atoms with Gasteiger partial charge in [-0.2, -0.15) is 0 Å². The highest BCUT2D eigenvalue weighted by Gasteiger charge is 2.47. The summed E-state index contributed by atoms with van der Waals surface area (Å²) < 4.78 is 4.95. The number of hydrogen-bond acceptors (Lipinski definition) is 4. The molecule has 2 fully saturated rings. The van der Waals surface area contributed by atoms with Crippen LogP contribution in [-0.4, -0.2) is 59.9 Å². The Balaban J connectivity index is 1.58.